The number of ether oxygens (including phenoxy) is 20. The quantitative estimate of drug-likeness (QED) is 0.104. The Bertz CT molecular complexity index is 1700. The average Bonchev–Trinajstić information content (AvgIpc) is 3.81. The van der Waals surface area contributed by atoms with Crippen LogP contribution in [0.25, 0.3) is 0 Å². The molecular weight excluding hydrogens is 1840 g/mol. The van der Waals surface area contributed by atoms with Crippen molar-refractivity contribution in [2.75, 3.05) is 132 Å². The predicted octanol–water partition coefficient (Wildman–Crippen LogP) is -0.983. The van der Waals surface area contributed by atoms with Gasteiger partial charge in [-0.15, -0.1) is 0 Å². The van der Waals surface area contributed by atoms with Gasteiger partial charge in [-0.1, -0.05) is 0 Å². The number of esters is 20. The Morgan fingerprint density at radius 1 is 0.0889 bits per heavy atom. The molecule has 0 aromatic rings. The number of carbonyl (C=O) groups excluding carboxylic acids is 20. The van der Waals surface area contributed by atoms with Crippen molar-refractivity contribution in [1.82, 2.24) is 0 Å². The zero-order valence-electron chi connectivity index (χ0n) is 88.0. The van der Waals surface area contributed by atoms with Gasteiger partial charge in [0.05, 0.1) is 132 Å². The molecule has 0 saturated carbocycles. The van der Waals surface area contributed by atoms with Crippen molar-refractivity contribution in [2.45, 2.75) is 277 Å². The van der Waals surface area contributed by atoms with Gasteiger partial charge in [-0.25, -0.2) is 0 Å². The number of carbonyl (C=O) groups is 20. The van der Waals surface area contributed by atoms with E-state index in [1.807, 2.05) is 0 Å². The fourth-order valence-corrected chi connectivity index (χ4v) is 4.07. The number of hydrogen-bond donors (Lipinski definition) is 0. The van der Waals surface area contributed by atoms with E-state index in [0.29, 0.717) is 132 Å². The fraction of sp³-hybridized carbons (Fsp3) is 0.750. The third-order valence-electron chi connectivity index (χ3n) is 6.95. The van der Waals surface area contributed by atoms with Crippen LogP contribution in [0.4, 0.5) is 0 Å². The normalized spacial score (nSPS) is 6.81. The van der Waals surface area contributed by atoms with E-state index in [1.54, 1.807) is 138 Å². The molecule has 0 aliphatic rings. The minimum atomic E-state index is -0.211. The van der Waals surface area contributed by atoms with Crippen LogP contribution in [0.2, 0.25) is 0 Å². The summed E-state index contributed by atoms with van der Waals surface area (Å²) in [7, 11) is 0. The maximum atomic E-state index is 9.82. The molecule has 0 saturated heterocycles. The first-order valence-corrected chi connectivity index (χ1v) is 38.1. The summed E-state index contributed by atoms with van der Waals surface area (Å²) in [5.41, 5.74) is 0. The fourth-order valence-electron chi connectivity index (χ4n) is 4.07. The molecule has 30 N–H and O–H groups in total. The molecule has 55 nitrogen and oxygen atoms in total. The van der Waals surface area contributed by atoms with E-state index in [9.17, 15) is 95.9 Å². The summed E-state index contributed by atoms with van der Waals surface area (Å²) >= 11 is 0. The Kier molecular flexibility index (Phi) is 405. The molecule has 0 rings (SSSR count). The van der Waals surface area contributed by atoms with Gasteiger partial charge in [0.15, 0.2) is 0 Å². The van der Waals surface area contributed by atoms with Gasteiger partial charge in [-0.3, -0.25) is 95.9 Å². The highest BCUT2D eigenvalue weighted by atomic mass is 16.6. The highest BCUT2D eigenvalue weighted by molar-refractivity contribution is 5.71. The topological polar surface area (TPSA) is 999 Å². The predicted molar refractivity (Wildman–Crippen MR) is 500 cm³/mol. The van der Waals surface area contributed by atoms with Crippen LogP contribution in [-0.4, -0.2) is 334 Å². The minimum Gasteiger partial charge on any atom is -0.466 e. The molecule has 0 heterocycles. The third kappa shape index (κ3) is 752. The highest BCUT2D eigenvalue weighted by Crippen LogP contribution is 1.80. The molecule has 0 bridgehead atoms. The number of rotatable bonds is 20. The molecule has 0 unspecified atom stereocenters. The maximum absolute atomic E-state index is 9.82. The second-order valence-corrected chi connectivity index (χ2v) is 18.5. The maximum Gasteiger partial charge on any atom is 0.302 e. The van der Waals surface area contributed by atoms with Gasteiger partial charge in [-0.05, 0) is 138 Å². The van der Waals surface area contributed by atoms with Crippen molar-refractivity contribution in [3.05, 3.63) is 0 Å². The van der Waals surface area contributed by atoms with Crippen LogP contribution in [0.1, 0.15) is 277 Å². The van der Waals surface area contributed by atoms with E-state index in [4.69, 9.17) is 0 Å². The highest BCUT2D eigenvalue weighted by Gasteiger charge is 1.91. The zero-order chi connectivity index (χ0) is 99.8. The van der Waals surface area contributed by atoms with E-state index >= 15 is 0 Å². The molecule has 0 aromatic heterocycles. The van der Waals surface area contributed by atoms with E-state index in [-0.39, 0.29) is 202 Å². The smallest absolute Gasteiger partial charge is 0.302 e. The van der Waals surface area contributed by atoms with Crippen LogP contribution in [0.15, 0.2) is 0 Å². The third-order valence-corrected chi connectivity index (χ3v) is 6.95. The van der Waals surface area contributed by atoms with Gasteiger partial charge in [0.1, 0.15) is 0 Å². The van der Waals surface area contributed by atoms with Gasteiger partial charge in [-0.2, -0.15) is 0 Å². The molecule has 0 aliphatic heterocycles. The number of hydrogen-bond acceptors (Lipinski definition) is 40. The minimum absolute atomic E-state index is 0. The summed E-state index contributed by atoms with van der Waals surface area (Å²) in [5.74, 6) is -4.21. The van der Waals surface area contributed by atoms with Crippen molar-refractivity contribution < 1.29 is 273 Å². The first-order chi connectivity index (χ1) is 55.4. The molecule has 0 aliphatic carbocycles. The Hall–Kier alpha value is -11.2. The van der Waals surface area contributed by atoms with Gasteiger partial charge < -0.3 is 177 Å². The van der Waals surface area contributed by atoms with E-state index < -0.39 is 0 Å². The molecule has 135 heavy (non-hydrogen) atoms. The van der Waals surface area contributed by atoms with Gasteiger partial charge >= 0.3 is 119 Å². The lowest BCUT2D eigenvalue weighted by Gasteiger charge is -1.89. The molecule has 0 spiro atoms. The molecule has 0 amide bonds. The molecule has 55 heteroatoms. The average molecular weight is 2030 g/mol. The van der Waals surface area contributed by atoms with Crippen LogP contribution >= 0.6 is 0 Å². The van der Waals surface area contributed by atoms with E-state index in [0.717, 1.165) is 0 Å². The second kappa shape index (κ2) is 231. The standard InChI is InChI=1S/20C4H8O2.15H2O/c20*1-3-6-4(2)5;;;;;;;;;;;;;;;/h20*3H2,1-2H3;15*1H2. The molecular formula is C80H190O55. The van der Waals surface area contributed by atoms with Crippen LogP contribution < -0.4 is 0 Å². The summed E-state index contributed by atoms with van der Waals surface area (Å²) in [6.07, 6.45) is 0. The summed E-state index contributed by atoms with van der Waals surface area (Å²) in [6, 6.07) is 0. The largest absolute Gasteiger partial charge is 0.466 e. The Morgan fingerprint density at radius 3 is 0.111 bits per heavy atom. The summed E-state index contributed by atoms with van der Waals surface area (Å²) in [6.45, 7) is 73.1. The monoisotopic (exact) mass is 2030 g/mol. The van der Waals surface area contributed by atoms with Crippen molar-refractivity contribution in [3.63, 3.8) is 0 Å². The lowest BCUT2D eigenvalue weighted by atomic mass is 10.8. The molecule has 0 aromatic carbocycles. The Labute approximate surface area is 798 Å². The van der Waals surface area contributed by atoms with Gasteiger partial charge in [0, 0.05) is 138 Å². The Morgan fingerprint density at radius 2 is 0.111 bits per heavy atom. The molecule has 0 fully saturated rings. The van der Waals surface area contributed by atoms with Crippen LogP contribution in [0, 0.1) is 0 Å². The summed E-state index contributed by atoms with van der Waals surface area (Å²) in [5, 5.41) is 0. The first kappa shape index (κ1) is 237. The van der Waals surface area contributed by atoms with E-state index in [1.165, 1.54) is 138 Å². The lowest BCUT2D eigenvalue weighted by molar-refractivity contribution is -0.141. The molecule has 840 valence electrons. The Balaban J connectivity index is -0.0000000235. The van der Waals surface area contributed by atoms with Crippen molar-refractivity contribution in [2.24, 2.45) is 0 Å². The van der Waals surface area contributed by atoms with Crippen molar-refractivity contribution in [3.8, 4) is 0 Å². The lowest BCUT2D eigenvalue weighted by Crippen LogP contribution is -1.95. The van der Waals surface area contributed by atoms with Gasteiger partial charge in [0.2, 0.25) is 0 Å². The second-order valence-electron chi connectivity index (χ2n) is 18.5. The first-order valence-electron chi connectivity index (χ1n) is 38.1. The van der Waals surface area contributed by atoms with Crippen LogP contribution in [0.3, 0.4) is 0 Å². The molecule has 0 atom stereocenters. The van der Waals surface area contributed by atoms with Crippen molar-refractivity contribution in [1.29, 1.82) is 0 Å². The van der Waals surface area contributed by atoms with Crippen LogP contribution in [-0.2, 0) is 191 Å². The zero-order valence-corrected chi connectivity index (χ0v) is 88.0. The summed E-state index contributed by atoms with van der Waals surface area (Å²) in [4.78, 5) is 196. The summed E-state index contributed by atoms with van der Waals surface area (Å²) < 4.78 is 88.1. The molecule has 0 radical (unpaired) electrons. The SMILES string of the molecule is CCOC(C)=O.CCOC(C)=O.CCOC(C)=O.CCOC(C)=O.CCOC(C)=O.CCOC(C)=O.CCOC(C)=O.CCOC(C)=O.CCOC(C)=O.CCOC(C)=O.CCOC(C)=O.CCOC(C)=O.CCOC(C)=O.CCOC(C)=O.CCOC(C)=O.CCOC(C)=O.CCOC(C)=O.CCOC(C)=O.CCOC(C)=O.CCOC(C)=O.O.O.O.O.O.O.O.O.O.O.O.O.O.O.O. The van der Waals surface area contributed by atoms with E-state index in [2.05, 4.69) is 94.7 Å². The van der Waals surface area contributed by atoms with Gasteiger partial charge in [0.25, 0.3) is 0 Å². The van der Waals surface area contributed by atoms with Crippen LogP contribution in [0.5, 0.6) is 0 Å². The van der Waals surface area contributed by atoms with Crippen molar-refractivity contribution >= 4 is 119 Å².